The van der Waals surface area contributed by atoms with E-state index in [1.54, 1.807) is 0 Å². The largest absolute Gasteiger partial charge is 0.365 e. The molecule has 7 heteroatoms. The maximum Gasteiger partial charge on any atom is 0.195 e. The van der Waals surface area contributed by atoms with E-state index in [0.29, 0.717) is 12.1 Å². The molecule has 1 aromatic carbocycles. The van der Waals surface area contributed by atoms with Crippen LogP contribution in [0, 0.1) is 5.82 Å². The molecular weight excluding hydrogens is 313 g/mol. The van der Waals surface area contributed by atoms with Gasteiger partial charge in [-0.05, 0) is 36.8 Å². The first-order valence-corrected chi connectivity index (χ1v) is 8.39. The highest BCUT2D eigenvalue weighted by molar-refractivity contribution is 7.00. The lowest BCUT2D eigenvalue weighted by Crippen LogP contribution is -2.46. The quantitative estimate of drug-likeness (QED) is 0.724. The van der Waals surface area contributed by atoms with Crippen molar-refractivity contribution in [2.24, 2.45) is 0 Å². The second-order valence-corrected chi connectivity index (χ2v) is 6.62. The molecule has 2 aromatic heterocycles. The van der Waals surface area contributed by atoms with Crippen LogP contribution in [0.25, 0.3) is 11.2 Å². The molecule has 5 rings (SSSR count). The predicted molar refractivity (Wildman–Crippen MR) is 88.5 cm³/mol. The van der Waals surface area contributed by atoms with E-state index in [4.69, 9.17) is 0 Å². The third-order valence-electron chi connectivity index (χ3n) is 4.85. The van der Waals surface area contributed by atoms with Crippen LogP contribution in [0.15, 0.2) is 36.5 Å². The molecule has 2 aliphatic rings. The third-order valence-corrected chi connectivity index (χ3v) is 5.37. The topological polar surface area (TPSA) is 45.2 Å². The number of halogens is 1. The van der Waals surface area contributed by atoms with E-state index < -0.39 is 0 Å². The Kier molecular flexibility index (Phi) is 2.78. The lowest BCUT2D eigenvalue weighted by Gasteiger charge is -2.36. The summed E-state index contributed by atoms with van der Waals surface area (Å²) >= 11 is 1.21. The maximum absolute atomic E-state index is 13.1. The van der Waals surface area contributed by atoms with Gasteiger partial charge in [-0.2, -0.15) is 8.75 Å². The van der Waals surface area contributed by atoms with Crippen molar-refractivity contribution in [2.75, 3.05) is 22.9 Å². The molecule has 0 amide bonds. The highest BCUT2D eigenvalue weighted by atomic mass is 32.1. The molecule has 2 atom stereocenters. The summed E-state index contributed by atoms with van der Waals surface area (Å²) < 4.78 is 21.8. The highest BCUT2D eigenvalue weighted by Gasteiger charge is 2.44. The highest BCUT2D eigenvalue weighted by Crippen LogP contribution is 2.39. The number of nitrogens with zero attached hydrogens (tertiary/aromatic N) is 5. The number of pyridine rings is 1. The molecule has 0 N–H and O–H groups in total. The number of piperazine rings is 1. The SMILES string of the molecule is Fc1ccc(N2C[C@@H]3C[C@H]2CN3c2ccnc3nsnc23)cc1. The Hall–Kier alpha value is -2.28. The fourth-order valence-electron chi connectivity index (χ4n) is 3.83. The Morgan fingerprint density at radius 2 is 1.78 bits per heavy atom. The Labute approximate surface area is 136 Å². The van der Waals surface area contributed by atoms with E-state index in [1.807, 2.05) is 24.4 Å². The predicted octanol–water partition coefficient (Wildman–Crippen LogP) is 2.69. The van der Waals surface area contributed by atoms with Crippen LogP contribution < -0.4 is 9.80 Å². The summed E-state index contributed by atoms with van der Waals surface area (Å²) in [6, 6.07) is 9.76. The van der Waals surface area contributed by atoms with Gasteiger partial charge in [-0.15, -0.1) is 0 Å². The van der Waals surface area contributed by atoms with Crippen LogP contribution >= 0.6 is 11.7 Å². The first-order valence-electron chi connectivity index (χ1n) is 7.66. The van der Waals surface area contributed by atoms with Crippen molar-refractivity contribution >= 4 is 34.3 Å². The molecule has 5 nitrogen and oxygen atoms in total. The van der Waals surface area contributed by atoms with Crippen LogP contribution in [0.3, 0.4) is 0 Å². The van der Waals surface area contributed by atoms with Gasteiger partial charge in [0.1, 0.15) is 11.3 Å². The number of fused-ring (bicyclic) bond motifs is 3. The van der Waals surface area contributed by atoms with E-state index in [1.165, 1.54) is 23.9 Å². The zero-order chi connectivity index (χ0) is 15.4. The van der Waals surface area contributed by atoms with E-state index >= 15 is 0 Å². The molecule has 0 unspecified atom stereocenters. The van der Waals surface area contributed by atoms with Crippen LogP contribution in [0.1, 0.15) is 6.42 Å². The lowest BCUT2D eigenvalue weighted by atomic mass is 10.2. The van der Waals surface area contributed by atoms with E-state index in [0.717, 1.165) is 42.0 Å². The monoisotopic (exact) mass is 327 g/mol. The van der Waals surface area contributed by atoms with E-state index in [2.05, 4.69) is 23.5 Å². The van der Waals surface area contributed by atoms with Gasteiger partial charge in [-0.3, -0.25) is 0 Å². The van der Waals surface area contributed by atoms with Crippen molar-refractivity contribution in [3.8, 4) is 0 Å². The van der Waals surface area contributed by atoms with Crippen LogP contribution in [-0.2, 0) is 0 Å². The standard InChI is InChI=1S/C16H14FN5S/c17-10-1-3-11(4-2-10)21-8-13-7-12(21)9-22(13)14-5-6-18-16-15(14)19-23-20-16/h1-6,12-13H,7-9H2/t12-,13-/m0/s1. The lowest BCUT2D eigenvalue weighted by molar-refractivity contribution is 0.624. The van der Waals surface area contributed by atoms with Gasteiger partial charge in [0.15, 0.2) is 5.65 Å². The molecule has 0 saturated carbocycles. The fourth-order valence-corrected chi connectivity index (χ4v) is 4.34. The minimum Gasteiger partial charge on any atom is -0.365 e. The smallest absolute Gasteiger partial charge is 0.195 e. The molecule has 2 aliphatic heterocycles. The Bertz CT molecular complexity index is 864. The van der Waals surface area contributed by atoms with E-state index in [9.17, 15) is 4.39 Å². The van der Waals surface area contributed by atoms with Crippen molar-refractivity contribution in [1.82, 2.24) is 13.7 Å². The van der Waals surface area contributed by atoms with Gasteiger partial charge in [0.25, 0.3) is 0 Å². The minimum absolute atomic E-state index is 0.185. The average Bonchev–Trinajstić information content (AvgIpc) is 3.29. The molecule has 3 aromatic rings. The molecular formula is C16H14FN5S. The van der Waals surface area contributed by atoms with Crippen LogP contribution in [-0.4, -0.2) is 38.9 Å². The van der Waals surface area contributed by atoms with Gasteiger partial charge in [-0.1, -0.05) is 0 Å². The van der Waals surface area contributed by atoms with Crippen molar-refractivity contribution in [3.63, 3.8) is 0 Å². The van der Waals surface area contributed by atoms with Gasteiger partial charge in [-0.25, -0.2) is 9.37 Å². The maximum atomic E-state index is 13.1. The first-order chi connectivity index (χ1) is 11.3. The zero-order valence-corrected chi connectivity index (χ0v) is 13.1. The fraction of sp³-hybridized carbons (Fsp3) is 0.312. The summed E-state index contributed by atoms with van der Waals surface area (Å²) in [5.74, 6) is -0.185. The molecule has 4 heterocycles. The average molecular weight is 327 g/mol. The Balaban J connectivity index is 1.44. The van der Waals surface area contributed by atoms with E-state index in [-0.39, 0.29) is 5.82 Å². The first kappa shape index (κ1) is 13.2. The summed E-state index contributed by atoms with van der Waals surface area (Å²) in [6.45, 7) is 1.91. The molecule has 23 heavy (non-hydrogen) atoms. The Morgan fingerprint density at radius 3 is 2.57 bits per heavy atom. The van der Waals surface area contributed by atoms with Crippen LogP contribution in [0.2, 0.25) is 0 Å². The number of hydrogen-bond acceptors (Lipinski definition) is 6. The number of rotatable bonds is 2. The van der Waals surface area contributed by atoms with Crippen molar-refractivity contribution in [1.29, 1.82) is 0 Å². The van der Waals surface area contributed by atoms with Crippen LogP contribution in [0.4, 0.5) is 15.8 Å². The summed E-state index contributed by atoms with van der Waals surface area (Å²) in [4.78, 5) is 9.08. The minimum atomic E-state index is -0.185. The normalized spacial score (nSPS) is 23.2. The molecule has 0 radical (unpaired) electrons. The number of hydrogen-bond donors (Lipinski definition) is 0. The molecule has 116 valence electrons. The zero-order valence-electron chi connectivity index (χ0n) is 12.3. The van der Waals surface area contributed by atoms with Gasteiger partial charge < -0.3 is 9.80 Å². The molecule has 2 bridgehead atoms. The molecule has 2 fully saturated rings. The number of benzene rings is 1. The summed E-state index contributed by atoms with van der Waals surface area (Å²) in [5, 5.41) is 0. The van der Waals surface area contributed by atoms with Crippen molar-refractivity contribution in [3.05, 3.63) is 42.3 Å². The number of aromatic nitrogens is 3. The van der Waals surface area contributed by atoms with Gasteiger partial charge in [0, 0.05) is 37.1 Å². The second-order valence-electron chi connectivity index (χ2n) is 6.09. The molecule has 0 spiro atoms. The van der Waals surface area contributed by atoms with Gasteiger partial charge in [0.2, 0.25) is 0 Å². The summed E-state index contributed by atoms with van der Waals surface area (Å²) in [7, 11) is 0. The second kappa shape index (κ2) is 4.86. The summed E-state index contributed by atoms with van der Waals surface area (Å²) in [6.07, 6.45) is 2.93. The molecule has 2 saturated heterocycles. The number of anilines is 2. The van der Waals surface area contributed by atoms with Crippen LogP contribution in [0.5, 0.6) is 0 Å². The van der Waals surface area contributed by atoms with Crippen molar-refractivity contribution in [2.45, 2.75) is 18.5 Å². The van der Waals surface area contributed by atoms with Gasteiger partial charge in [0.05, 0.1) is 17.4 Å². The molecule has 0 aliphatic carbocycles. The van der Waals surface area contributed by atoms with Gasteiger partial charge >= 0.3 is 0 Å². The third kappa shape index (κ3) is 1.99. The van der Waals surface area contributed by atoms with Crippen molar-refractivity contribution < 1.29 is 4.39 Å². The summed E-state index contributed by atoms with van der Waals surface area (Å²) in [5.41, 5.74) is 3.87. The Morgan fingerprint density at radius 1 is 1.00 bits per heavy atom.